The Labute approximate surface area is 103 Å². The van der Waals surface area contributed by atoms with Crippen LogP contribution in [0, 0.1) is 6.07 Å². The number of rotatable bonds is 0. The standard InChI is InChI=1S/C16H9S/c1-2-6-12-11(5-1)9-10-15-16(12)13-7-3-4-8-14(13)17-15/h1-7,9-10H. The van der Waals surface area contributed by atoms with Crippen molar-refractivity contribution >= 4 is 42.3 Å². The lowest BCUT2D eigenvalue weighted by molar-refractivity contribution is 1.81. The molecule has 0 atom stereocenters. The Balaban J connectivity index is 2.38. The molecule has 0 saturated carbocycles. The average Bonchev–Trinajstić information content (AvgIpc) is 2.77. The van der Waals surface area contributed by atoms with Gasteiger partial charge in [-0.25, -0.2) is 0 Å². The molecular formula is C16H9S. The van der Waals surface area contributed by atoms with E-state index >= 15 is 0 Å². The van der Waals surface area contributed by atoms with Crippen molar-refractivity contribution in [3.63, 3.8) is 0 Å². The number of fused-ring (bicyclic) bond motifs is 5. The van der Waals surface area contributed by atoms with Gasteiger partial charge in [0.1, 0.15) is 0 Å². The number of thiophene rings is 1. The van der Waals surface area contributed by atoms with Crippen LogP contribution in [0.1, 0.15) is 0 Å². The van der Waals surface area contributed by atoms with Crippen LogP contribution in [-0.4, -0.2) is 0 Å². The van der Waals surface area contributed by atoms with Gasteiger partial charge in [-0.15, -0.1) is 11.3 Å². The maximum absolute atomic E-state index is 3.32. The van der Waals surface area contributed by atoms with Crippen LogP contribution in [0.5, 0.6) is 0 Å². The molecule has 1 aromatic heterocycles. The Morgan fingerprint density at radius 3 is 2.71 bits per heavy atom. The van der Waals surface area contributed by atoms with Crippen molar-refractivity contribution in [3.8, 4) is 0 Å². The maximum Gasteiger partial charge on any atom is 0.0434 e. The van der Waals surface area contributed by atoms with E-state index in [0.717, 1.165) is 0 Å². The zero-order chi connectivity index (χ0) is 11.2. The predicted octanol–water partition coefficient (Wildman–Crippen LogP) is 5.01. The molecule has 79 valence electrons. The molecule has 17 heavy (non-hydrogen) atoms. The molecule has 1 heteroatoms. The van der Waals surface area contributed by atoms with Crippen LogP contribution < -0.4 is 0 Å². The van der Waals surface area contributed by atoms with Crippen molar-refractivity contribution in [2.45, 2.75) is 0 Å². The molecule has 1 radical (unpaired) electrons. The van der Waals surface area contributed by atoms with E-state index in [9.17, 15) is 0 Å². The summed E-state index contributed by atoms with van der Waals surface area (Å²) in [5, 5.41) is 5.35. The smallest absolute Gasteiger partial charge is 0.0434 e. The van der Waals surface area contributed by atoms with Crippen molar-refractivity contribution in [1.29, 1.82) is 0 Å². The van der Waals surface area contributed by atoms with Gasteiger partial charge >= 0.3 is 0 Å². The van der Waals surface area contributed by atoms with Crippen molar-refractivity contribution in [3.05, 3.63) is 60.7 Å². The SMILES string of the molecule is [c]1cccc2c1sc1ccc3ccccc3c12. The molecule has 4 rings (SSSR count). The minimum absolute atomic E-state index is 1.25. The molecule has 0 aliphatic carbocycles. The lowest BCUT2D eigenvalue weighted by atomic mass is 10.0. The first-order valence-corrected chi connectivity index (χ1v) is 6.46. The highest BCUT2D eigenvalue weighted by atomic mass is 32.1. The van der Waals surface area contributed by atoms with Crippen LogP contribution in [0.3, 0.4) is 0 Å². The van der Waals surface area contributed by atoms with E-state index in [0.29, 0.717) is 0 Å². The third-order valence-electron chi connectivity index (χ3n) is 3.19. The molecule has 4 aromatic rings. The second kappa shape index (κ2) is 3.31. The highest BCUT2D eigenvalue weighted by Crippen LogP contribution is 2.37. The fraction of sp³-hybridized carbons (Fsp3) is 0. The maximum atomic E-state index is 3.32. The van der Waals surface area contributed by atoms with Crippen LogP contribution in [0.4, 0.5) is 0 Å². The van der Waals surface area contributed by atoms with Gasteiger partial charge in [-0.3, -0.25) is 0 Å². The summed E-state index contributed by atoms with van der Waals surface area (Å²) in [7, 11) is 0. The molecule has 0 N–H and O–H groups in total. The van der Waals surface area contributed by atoms with Gasteiger partial charge in [-0.1, -0.05) is 48.5 Å². The third kappa shape index (κ3) is 1.23. The van der Waals surface area contributed by atoms with Crippen LogP contribution in [0.2, 0.25) is 0 Å². The molecule has 0 bridgehead atoms. The molecule has 0 amide bonds. The minimum atomic E-state index is 1.25. The van der Waals surface area contributed by atoms with E-state index < -0.39 is 0 Å². The third-order valence-corrected chi connectivity index (χ3v) is 4.29. The minimum Gasteiger partial charge on any atom is -0.135 e. The van der Waals surface area contributed by atoms with Gasteiger partial charge < -0.3 is 0 Å². The molecular weight excluding hydrogens is 224 g/mol. The summed E-state index contributed by atoms with van der Waals surface area (Å²) >= 11 is 1.82. The summed E-state index contributed by atoms with van der Waals surface area (Å²) in [5.74, 6) is 0. The largest absolute Gasteiger partial charge is 0.135 e. The van der Waals surface area contributed by atoms with E-state index in [-0.39, 0.29) is 0 Å². The Morgan fingerprint density at radius 2 is 1.71 bits per heavy atom. The van der Waals surface area contributed by atoms with E-state index in [1.807, 2.05) is 17.4 Å². The summed E-state index contributed by atoms with van der Waals surface area (Å²) in [4.78, 5) is 0. The molecule has 0 saturated heterocycles. The van der Waals surface area contributed by atoms with Crippen LogP contribution in [0.25, 0.3) is 30.9 Å². The topological polar surface area (TPSA) is 0 Å². The van der Waals surface area contributed by atoms with Crippen LogP contribution >= 0.6 is 11.3 Å². The fourth-order valence-corrected chi connectivity index (χ4v) is 3.51. The first-order valence-electron chi connectivity index (χ1n) is 5.64. The van der Waals surface area contributed by atoms with Gasteiger partial charge in [0.2, 0.25) is 0 Å². The zero-order valence-corrected chi connectivity index (χ0v) is 9.92. The monoisotopic (exact) mass is 233 g/mol. The number of hydrogen-bond acceptors (Lipinski definition) is 1. The molecule has 3 aromatic carbocycles. The summed E-state index contributed by atoms with van der Waals surface area (Å²) in [5.41, 5.74) is 0. The van der Waals surface area contributed by atoms with Gasteiger partial charge in [0.25, 0.3) is 0 Å². The van der Waals surface area contributed by atoms with Crippen molar-refractivity contribution in [2.24, 2.45) is 0 Å². The number of benzene rings is 3. The van der Waals surface area contributed by atoms with Gasteiger partial charge in [0.15, 0.2) is 0 Å². The molecule has 0 aliphatic heterocycles. The highest BCUT2D eigenvalue weighted by Gasteiger charge is 2.07. The summed E-state index contributed by atoms with van der Waals surface area (Å²) < 4.78 is 2.60. The van der Waals surface area contributed by atoms with Gasteiger partial charge in [-0.2, -0.15) is 0 Å². The first kappa shape index (κ1) is 9.20. The summed E-state index contributed by atoms with van der Waals surface area (Å²) in [6.45, 7) is 0. The molecule has 0 nitrogen and oxygen atoms in total. The zero-order valence-electron chi connectivity index (χ0n) is 9.10. The molecule has 0 spiro atoms. The average molecular weight is 233 g/mol. The summed E-state index contributed by atoms with van der Waals surface area (Å²) in [6, 6.07) is 22.6. The van der Waals surface area contributed by atoms with Gasteiger partial charge in [0, 0.05) is 26.2 Å². The van der Waals surface area contributed by atoms with Crippen molar-refractivity contribution < 1.29 is 0 Å². The molecule has 0 unspecified atom stereocenters. The number of hydrogen-bond donors (Lipinski definition) is 0. The Bertz CT molecular complexity index is 834. The van der Waals surface area contributed by atoms with E-state index in [1.165, 1.54) is 30.9 Å². The van der Waals surface area contributed by atoms with Gasteiger partial charge in [0.05, 0.1) is 0 Å². The Morgan fingerprint density at radius 1 is 0.824 bits per heavy atom. The fourth-order valence-electron chi connectivity index (χ4n) is 2.43. The van der Waals surface area contributed by atoms with E-state index in [2.05, 4.69) is 54.6 Å². The lowest BCUT2D eigenvalue weighted by Crippen LogP contribution is -1.73. The molecule has 0 aliphatic rings. The second-order valence-electron chi connectivity index (χ2n) is 4.17. The molecule has 0 fully saturated rings. The normalized spacial score (nSPS) is 11.5. The predicted molar refractivity (Wildman–Crippen MR) is 75.7 cm³/mol. The van der Waals surface area contributed by atoms with E-state index in [1.54, 1.807) is 0 Å². The van der Waals surface area contributed by atoms with Crippen molar-refractivity contribution in [2.75, 3.05) is 0 Å². The first-order chi connectivity index (χ1) is 8.43. The molecule has 1 heterocycles. The van der Waals surface area contributed by atoms with Crippen LogP contribution in [-0.2, 0) is 0 Å². The van der Waals surface area contributed by atoms with E-state index in [4.69, 9.17) is 0 Å². The van der Waals surface area contributed by atoms with Gasteiger partial charge in [-0.05, 0) is 16.8 Å². The van der Waals surface area contributed by atoms with Crippen molar-refractivity contribution in [1.82, 2.24) is 0 Å². The quantitative estimate of drug-likeness (QED) is 0.400. The Kier molecular flexibility index (Phi) is 1.79. The second-order valence-corrected chi connectivity index (χ2v) is 5.23. The van der Waals surface area contributed by atoms with Crippen LogP contribution in [0.15, 0.2) is 54.6 Å². The lowest BCUT2D eigenvalue weighted by Gasteiger charge is -1.99. The Hall–Kier alpha value is -1.86. The highest BCUT2D eigenvalue weighted by molar-refractivity contribution is 7.26. The summed E-state index contributed by atoms with van der Waals surface area (Å²) in [6.07, 6.45) is 0.